The molecule has 1 amide bonds. The topological polar surface area (TPSA) is 68.3 Å². The molecule has 142 valence electrons. The number of rotatable bonds is 6. The van der Waals surface area contributed by atoms with E-state index in [0.717, 1.165) is 41.4 Å². The number of benzene rings is 1. The highest BCUT2D eigenvalue weighted by Gasteiger charge is 2.15. The molecule has 5 nitrogen and oxygen atoms in total. The van der Waals surface area contributed by atoms with Gasteiger partial charge in [0.05, 0.1) is 11.1 Å². The lowest BCUT2D eigenvalue weighted by Crippen LogP contribution is -2.30. The minimum Gasteiger partial charge on any atom is -0.452 e. The van der Waals surface area contributed by atoms with Gasteiger partial charge in [0.1, 0.15) is 0 Å². The highest BCUT2D eigenvalue weighted by molar-refractivity contribution is 6.04. The van der Waals surface area contributed by atoms with E-state index >= 15 is 0 Å². The number of fused-ring (bicyclic) bond motifs is 1. The van der Waals surface area contributed by atoms with Crippen LogP contribution in [0.3, 0.4) is 0 Å². The van der Waals surface area contributed by atoms with Crippen LogP contribution in [0.25, 0.3) is 10.9 Å². The predicted octanol–water partition coefficient (Wildman–Crippen LogP) is 4.02. The first-order valence-corrected chi connectivity index (χ1v) is 9.52. The first-order valence-electron chi connectivity index (χ1n) is 9.52. The van der Waals surface area contributed by atoms with Crippen LogP contribution in [0.4, 0.5) is 0 Å². The molecule has 0 fully saturated rings. The Morgan fingerprint density at radius 2 is 2.04 bits per heavy atom. The van der Waals surface area contributed by atoms with Crippen molar-refractivity contribution in [3.05, 3.63) is 52.7 Å². The number of ether oxygens (including phenoxy) is 1. The van der Waals surface area contributed by atoms with Crippen LogP contribution < -0.4 is 5.32 Å². The van der Waals surface area contributed by atoms with Crippen LogP contribution >= 0.6 is 0 Å². The van der Waals surface area contributed by atoms with Gasteiger partial charge in [0.15, 0.2) is 6.61 Å². The van der Waals surface area contributed by atoms with Gasteiger partial charge in [-0.25, -0.2) is 4.79 Å². The van der Waals surface area contributed by atoms with Gasteiger partial charge in [-0.3, -0.25) is 9.78 Å². The van der Waals surface area contributed by atoms with Gasteiger partial charge < -0.3 is 10.1 Å². The monoisotopic (exact) mass is 366 g/mol. The molecule has 27 heavy (non-hydrogen) atoms. The first-order chi connectivity index (χ1) is 13.0. The van der Waals surface area contributed by atoms with Crippen LogP contribution in [0.1, 0.15) is 53.7 Å². The summed E-state index contributed by atoms with van der Waals surface area (Å²) in [5.74, 6) is -0.771. The molecule has 1 aliphatic rings. The Hall–Kier alpha value is -2.69. The molecule has 1 heterocycles. The molecule has 5 heteroatoms. The Bertz CT molecular complexity index is 887. The largest absolute Gasteiger partial charge is 0.452 e. The van der Waals surface area contributed by atoms with Crippen molar-refractivity contribution in [2.75, 3.05) is 13.2 Å². The number of nitrogens with zero attached hydrogens (tertiary/aromatic N) is 1. The molecule has 3 rings (SSSR count). The molecule has 0 radical (unpaired) electrons. The zero-order valence-corrected chi connectivity index (χ0v) is 16.0. The van der Waals surface area contributed by atoms with Crippen LogP contribution in [0.15, 0.2) is 35.9 Å². The fraction of sp³-hybridized carbons (Fsp3) is 0.409. The quantitative estimate of drug-likeness (QED) is 0.619. The minimum absolute atomic E-state index is 0.271. The summed E-state index contributed by atoms with van der Waals surface area (Å²) in [6.45, 7) is 4.11. The maximum absolute atomic E-state index is 12.5. The molecule has 0 aliphatic heterocycles. The molecule has 1 aromatic heterocycles. The second-order valence-corrected chi connectivity index (χ2v) is 7.12. The normalized spacial score (nSPS) is 13.9. The lowest BCUT2D eigenvalue weighted by Gasteiger charge is -2.13. The molecule has 1 aromatic carbocycles. The summed E-state index contributed by atoms with van der Waals surface area (Å²) in [6.07, 6.45) is 7.89. The molecular weight excluding hydrogens is 340 g/mol. The Morgan fingerprint density at radius 1 is 1.19 bits per heavy atom. The Morgan fingerprint density at radius 3 is 2.81 bits per heavy atom. The van der Waals surface area contributed by atoms with Crippen molar-refractivity contribution in [2.24, 2.45) is 0 Å². The number of esters is 1. The molecule has 1 aliphatic carbocycles. The lowest BCUT2D eigenvalue weighted by molar-refractivity contribution is -0.124. The molecular formula is C22H26N2O3. The van der Waals surface area contributed by atoms with Crippen molar-refractivity contribution in [1.29, 1.82) is 0 Å². The molecule has 0 atom stereocenters. The zero-order valence-electron chi connectivity index (χ0n) is 16.0. The molecule has 0 saturated heterocycles. The molecule has 0 bridgehead atoms. The summed E-state index contributed by atoms with van der Waals surface area (Å²) >= 11 is 0. The van der Waals surface area contributed by atoms with E-state index in [4.69, 9.17) is 4.74 Å². The van der Waals surface area contributed by atoms with Crippen LogP contribution in [0.5, 0.6) is 0 Å². The zero-order chi connectivity index (χ0) is 19.2. The summed E-state index contributed by atoms with van der Waals surface area (Å²) in [6, 6.07) is 7.47. The number of nitrogens with one attached hydrogen (secondary N) is 1. The molecule has 0 saturated carbocycles. The van der Waals surface area contributed by atoms with E-state index in [1.165, 1.54) is 18.4 Å². The second kappa shape index (κ2) is 8.80. The average Bonchev–Trinajstić information content (AvgIpc) is 2.66. The second-order valence-electron chi connectivity index (χ2n) is 7.12. The Labute approximate surface area is 159 Å². The number of hydrogen-bond acceptors (Lipinski definition) is 4. The number of allylic oxidation sites excluding steroid dienone is 1. The minimum atomic E-state index is -0.499. The van der Waals surface area contributed by atoms with Gasteiger partial charge in [0.2, 0.25) is 0 Å². The van der Waals surface area contributed by atoms with Gasteiger partial charge in [0.25, 0.3) is 5.91 Å². The highest BCUT2D eigenvalue weighted by Crippen LogP contribution is 2.21. The molecule has 0 spiro atoms. The maximum atomic E-state index is 12.5. The summed E-state index contributed by atoms with van der Waals surface area (Å²) in [5, 5.41) is 3.57. The fourth-order valence-corrected chi connectivity index (χ4v) is 3.39. The summed E-state index contributed by atoms with van der Waals surface area (Å²) in [4.78, 5) is 28.9. The van der Waals surface area contributed by atoms with E-state index in [-0.39, 0.29) is 12.5 Å². The van der Waals surface area contributed by atoms with Gasteiger partial charge in [-0.05, 0) is 64.2 Å². The predicted molar refractivity (Wildman–Crippen MR) is 106 cm³/mol. The number of pyridine rings is 1. The van der Waals surface area contributed by atoms with Gasteiger partial charge in [-0.15, -0.1) is 0 Å². The first kappa shape index (κ1) is 19.1. The number of hydrogen-bond donors (Lipinski definition) is 1. The lowest BCUT2D eigenvalue weighted by atomic mass is 9.97. The van der Waals surface area contributed by atoms with Crippen molar-refractivity contribution in [2.45, 2.75) is 46.0 Å². The molecule has 1 N–H and O–H groups in total. The highest BCUT2D eigenvalue weighted by atomic mass is 16.5. The van der Waals surface area contributed by atoms with Gasteiger partial charge in [0, 0.05) is 17.6 Å². The number of amides is 1. The standard InChI is InChI=1S/C22H26N2O3/c1-15-8-9-20-18(12-15)19(13-16(2)24-20)22(26)27-14-21(25)23-11-10-17-6-4-3-5-7-17/h6,8-9,12-13H,3-5,7,10-11,14H2,1-2H3,(H,23,25). The van der Waals surface area contributed by atoms with Crippen LogP contribution in [0, 0.1) is 13.8 Å². The van der Waals surface area contributed by atoms with E-state index < -0.39 is 5.97 Å². The molecule has 0 unspecified atom stereocenters. The van der Waals surface area contributed by atoms with Crippen molar-refractivity contribution < 1.29 is 14.3 Å². The SMILES string of the molecule is Cc1ccc2nc(C)cc(C(=O)OCC(=O)NCCC3=CCCCC3)c2c1. The average molecular weight is 366 g/mol. The number of carbonyl (C=O) groups is 2. The van der Waals surface area contributed by atoms with E-state index in [0.29, 0.717) is 12.1 Å². The third kappa shape index (κ3) is 5.16. The Kier molecular flexibility index (Phi) is 6.22. The van der Waals surface area contributed by atoms with Crippen molar-refractivity contribution in [3.63, 3.8) is 0 Å². The van der Waals surface area contributed by atoms with Crippen molar-refractivity contribution in [1.82, 2.24) is 10.3 Å². The number of aryl methyl sites for hydroxylation is 2. The maximum Gasteiger partial charge on any atom is 0.339 e. The van der Waals surface area contributed by atoms with Gasteiger partial charge in [-0.1, -0.05) is 23.3 Å². The van der Waals surface area contributed by atoms with Crippen molar-refractivity contribution >= 4 is 22.8 Å². The van der Waals surface area contributed by atoms with Gasteiger partial charge >= 0.3 is 5.97 Å². The smallest absolute Gasteiger partial charge is 0.339 e. The van der Waals surface area contributed by atoms with E-state index in [2.05, 4.69) is 16.4 Å². The van der Waals surface area contributed by atoms with E-state index in [9.17, 15) is 9.59 Å². The molecule has 2 aromatic rings. The fourth-order valence-electron chi connectivity index (χ4n) is 3.39. The Balaban J connectivity index is 1.56. The van der Waals surface area contributed by atoms with E-state index in [1.807, 2.05) is 32.0 Å². The van der Waals surface area contributed by atoms with Gasteiger partial charge in [-0.2, -0.15) is 0 Å². The van der Waals surface area contributed by atoms with Crippen molar-refractivity contribution in [3.8, 4) is 0 Å². The van der Waals surface area contributed by atoms with Crippen LogP contribution in [-0.4, -0.2) is 30.0 Å². The summed E-state index contributed by atoms with van der Waals surface area (Å²) in [5.41, 5.74) is 4.38. The van der Waals surface area contributed by atoms with E-state index in [1.54, 1.807) is 6.07 Å². The summed E-state index contributed by atoms with van der Waals surface area (Å²) in [7, 11) is 0. The van der Waals surface area contributed by atoms with Crippen LogP contribution in [-0.2, 0) is 9.53 Å². The van der Waals surface area contributed by atoms with Crippen LogP contribution in [0.2, 0.25) is 0 Å². The number of aromatic nitrogens is 1. The third-order valence-corrected chi connectivity index (χ3v) is 4.80. The number of carbonyl (C=O) groups excluding carboxylic acids is 2. The summed E-state index contributed by atoms with van der Waals surface area (Å²) < 4.78 is 5.24. The third-order valence-electron chi connectivity index (χ3n) is 4.80.